The summed E-state index contributed by atoms with van der Waals surface area (Å²) in [7, 11) is 3.06. The first-order valence-electron chi connectivity index (χ1n) is 45.1. The highest BCUT2D eigenvalue weighted by molar-refractivity contribution is 7.08. The number of nitrogen functional groups attached to an aromatic ring is 1. The van der Waals surface area contributed by atoms with E-state index in [9.17, 15) is 65.5 Å². The number of hydrogen-bond donors (Lipinski definition) is 11. The van der Waals surface area contributed by atoms with Crippen LogP contribution in [0.2, 0.25) is 15.1 Å². The summed E-state index contributed by atoms with van der Waals surface area (Å²) >= 11 is 18.6. The smallest absolute Gasteiger partial charge is 0.254 e. The predicted molar refractivity (Wildman–Crippen MR) is 563 cm³/mol. The Kier molecular flexibility index (Phi) is 53.2. The van der Waals surface area contributed by atoms with Crippen LogP contribution in [-0.2, 0) is 16.4 Å². The number of nitrogens with zero attached hydrogens (tertiary/aromatic N) is 2. The summed E-state index contributed by atoms with van der Waals surface area (Å²) in [5.41, 5.74) is 9.70. The molecule has 0 saturated carbocycles. The third kappa shape index (κ3) is 59.8. The quantitative estimate of drug-likeness (QED) is 0.0197. The first-order valence-corrected chi connectivity index (χ1v) is 47.2. The van der Waals surface area contributed by atoms with E-state index in [-0.39, 0.29) is 130 Å². The third-order valence-corrected chi connectivity index (χ3v) is 17.7. The van der Waals surface area contributed by atoms with Crippen molar-refractivity contribution in [2.45, 2.75) is 263 Å². The Morgan fingerprint density at radius 3 is 1.01 bits per heavy atom. The number of halogens is 7. The SMILES string of the molecule is CC(C)(C)NC(=O)c1ccc(Cl)cc1.CC(C)(C)NC(=O)c1ccc(Cl)cc1F.CC(C)(C)NC(=O)c1ccc(F)cc1Cl.CC(C)(C)NC(=O)c1ccc(N)cc1.CC(C)(C)NC(=O)c1cccnc1.CC(C)(C)NC(=O)c1ccncc1.CC(C)(C)NC(=O)c1ccsc1.CC(C)NC(=O)c1ccc(F)cc1F.COOCc1ccc(C(=O)NC(C)(C)C)cc1.COc1ccc(C(=O)NC(C)(C)C)cc1. The van der Waals surface area contributed by atoms with Gasteiger partial charge in [-0.3, -0.25) is 57.9 Å². The molecule has 10 aromatic rings. The average molecular weight is 2050 g/mol. The van der Waals surface area contributed by atoms with Crippen molar-refractivity contribution in [3.8, 4) is 5.75 Å². The molecule has 26 nitrogen and oxygen atoms in total. The van der Waals surface area contributed by atoms with Gasteiger partial charge < -0.3 is 63.6 Å². The lowest BCUT2D eigenvalue weighted by Gasteiger charge is -2.20. The lowest BCUT2D eigenvalue weighted by Crippen LogP contribution is -2.40. The molecule has 0 bridgehead atoms. The molecular weight excluding hydrogens is 1900 g/mol. The summed E-state index contributed by atoms with van der Waals surface area (Å²) in [6.45, 7) is 56.0. The molecule has 0 spiro atoms. The van der Waals surface area contributed by atoms with Crippen molar-refractivity contribution >= 4 is 111 Å². The minimum atomic E-state index is -0.844. The highest BCUT2D eigenvalue weighted by Gasteiger charge is 2.25. The van der Waals surface area contributed by atoms with Crippen LogP contribution in [0.4, 0.5) is 23.2 Å². The first-order chi connectivity index (χ1) is 65.2. The highest BCUT2D eigenvalue weighted by atomic mass is 35.5. The lowest BCUT2D eigenvalue weighted by atomic mass is 10.1. The number of carbonyl (C=O) groups is 10. The molecular formula is C108H144Cl3F4N13O13S. The fraction of sp³-hybridized carbons (Fsp3) is 0.389. The Morgan fingerprint density at radius 1 is 0.345 bits per heavy atom. The van der Waals surface area contributed by atoms with Crippen molar-refractivity contribution < 1.29 is 80.0 Å². The van der Waals surface area contributed by atoms with Gasteiger partial charge in [-0.15, -0.1) is 0 Å². The van der Waals surface area contributed by atoms with Crippen molar-refractivity contribution in [3.63, 3.8) is 0 Å². The summed E-state index contributed by atoms with van der Waals surface area (Å²) in [6, 6.07) is 47.2. The molecule has 142 heavy (non-hydrogen) atoms. The average Bonchev–Trinajstić information content (AvgIpc) is 0.939. The van der Waals surface area contributed by atoms with E-state index in [4.69, 9.17) is 50.2 Å². The second kappa shape index (κ2) is 59.3. The van der Waals surface area contributed by atoms with Gasteiger partial charge in [0.1, 0.15) is 35.6 Å². The van der Waals surface area contributed by atoms with Gasteiger partial charge in [0.15, 0.2) is 0 Å². The molecule has 7 aromatic carbocycles. The van der Waals surface area contributed by atoms with Crippen LogP contribution in [0.5, 0.6) is 5.75 Å². The van der Waals surface area contributed by atoms with E-state index in [0.29, 0.717) is 56.8 Å². The van der Waals surface area contributed by atoms with Crippen LogP contribution >= 0.6 is 46.1 Å². The molecule has 0 atom stereocenters. The number of nitrogens with one attached hydrogen (secondary N) is 10. The Hall–Kier alpha value is -12.7. The molecule has 0 aliphatic rings. The number of thiophene rings is 1. The summed E-state index contributed by atoms with van der Waals surface area (Å²) in [5.74, 6) is -3.53. The van der Waals surface area contributed by atoms with Crippen molar-refractivity contribution in [2.24, 2.45) is 0 Å². The van der Waals surface area contributed by atoms with E-state index < -0.39 is 35.1 Å². The molecule has 10 rings (SSSR count). The van der Waals surface area contributed by atoms with E-state index in [1.54, 1.807) is 155 Å². The zero-order chi connectivity index (χ0) is 109. The van der Waals surface area contributed by atoms with Crippen LogP contribution in [0.25, 0.3) is 0 Å². The number of nitrogens with two attached hydrogens (primary N) is 1. The molecule has 0 unspecified atom stereocenters. The maximum absolute atomic E-state index is 13.3. The zero-order valence-corrected chi connectivity index (χ0v) is 90.5. The minimum absolute atomic E-state index is 0.00347. The Morgan fingerprint density at radius 2 is 0.669 bits per heavy atom. The van der Waals surface area contributed by atoms with Crippen LogP contribution in [0.15, 0.2) is 218 Å². The first kappa shape index (κ1) is 127. The van der Waals surface area contributed by atoms with Gasteiger partial charge in [0.25, 0.3) is 59.1 Å². The van der Waals surface area contributed by atoms with Crippen LogP contribution in [0.3, 0.4) is 0 Å². The van der Waals surface area contributed by atoms with Crippen molar-refractivity contribution in [2.75, 3.05) is 20.0 Å². The number of pyridine rings is 2. The second-order valence-electron chi connectivity index (χ2n) is 41.3. The Bertz CT molecular complexity index is 5400. The van der Waals surface area contributed by atoms with Gasteiger partial charge in [-0.25, -0.2) is 27.3 Å². The molecule has 34 heteroatoms. The van der Waals surface area contributed by atoms with Crippen molar-refractivity contribution in [1.82, 2.24) is 63.1 Å². The van der Waals surface area contributed by atoms with Gasteiger partial charge in [-0.05, 0) is 376 Å². The predicted octanol–water partition coefficient (Wildman–Crippen LogP) is 22.8. The van der Waals surface area contributed by atoms with Crippen LogP contribution < -0.4 is 63.6 Å². The van der Waals surface area contributed by atoms with E-state index >= 15 is 0 Å². The van der Waals surface area contributed by atoms with Gasteiger partial charge in [-0.1, -0.05) is 46.9 Å². The number of aromatic nitrogens is 2. The molecule has 774 valence electrons. The number of amides is 10. The van der Waals surface area contributed by atoms with Gasteiger partial charge in [-0.2, -0.15) is 11.3 Å². The fourth-order valence-corrected chi connectivity index (χ4v) is 11.5. The molecule has 10 amide bonds. The molecule has 3 heterocycles. The number of hydrogen-bond acceptors (Lipinski definition) is 17. The van der Waals surface area contributed by atoms with Crippen LogP contribution in [0.1, 0.15) is 310 Å². The van der Waals surface area contributed by atoms with Crippen molar-refractivity contribution in [1.29, 1.82) is 0 Å². The molecule has 0 saturated heterocycles. The molecule has 0 fully saturated rings. The van der Waals surface area contributed by atoms with Crippen LogP contribution in [-0.4, -0.2) is 139 Å². The molecule has 0 aliphatic carbocycles. The summed E-state index contributed by atoms with van der Waals surface area (Å²) < 4.78 is 56.6. The summed E-state index contributed by atoms with van der Waals surface area (Å²) in [6.07, 6.45) is 6.42. The number of methoxy groups -OCH3 is 1. The topological polar surface area (TPSA) is 370 Å². The molecule has 0 radical (unpaired) electrons. The Balaban J connectivity index is 0.000000790. The maximum Gasteiger partial charge on any atom is 0.254 e. The number of ether oxygens (including phenoxy) is 1. The zero-order valence-electron chi connectivity index (χ0n) is 87.4. The van der Waals surface area contributed by atoms with Gasteiger partial charge in [0.05, 0.1) is 47.1 Å². The Labute approximate surface area is 854 Å². The highest BCUT2D eigenvalue weighted by Crippen LogP contribution is 2.22. The fourth-order valence-electron chi connectivity index (χ4n) is 10.3. The second-order valence-corrected chi connectivity index (χ2v) is 43.4. The van der Waals surface area contributed by atoms with Gasteiger partial charge in [0, 0.05) is 136 Å². The third-order valence-electron chi connectivity index (χ3n) is 16.2. The number of carbonyl (C=O) groups excluding carboxylic acids is 10. The van der Waals surface area contributed by atoms with E-state index in [1.807, 2.05) is 216 Å². The van der Waals surface area contributed by atoms with Crippen molar-refractivity contribution in [3.05, 3.63) is 317 Å². The van der Waals surface area contributed by atoms with Gasteiger partial charge >= 0.3 is 0 Å². The minimum Gasteiger partial charge on any atom is -0.497 e. The molecule has 0 aliphatic heterocycles. The van der Waals surface area contributed by atoms with E-state index in [1.165, 1.54) is 42.7 Å². The van der Waals surface area contributed by atoms with E-state index in [2.05, 4.69) is 68.0 Å². The number of anilines is 1. The summed E-state index contributed by atoms with van der Waals surface area (Å²) in [5, 5.41) is 32.9. The largest absolute Gasteiger partial charge is 0.497 e. The normalized spacial score (nSPS) is 11.1. The monoisotopic (exact) mass is 2040 g/mol. The lowest BCUT2D eigenvalue weighted by molar-refractivity contribution is -0.282. The van der Waals surface area contributed by atoms with Crippen LogP contribution in [0, 0.1) is 23.3 Å². The van der Waals surface area contributed by atoms with E-state index in [0.717, 1.165) is 41.1 Å². The molecule has 3 aromatic heterocycles. The number of benzene rings is 7. The summed E-state index contributed by atoms with van der Waals surface area (Å²) in [4.78, 5) is 133. The standard InChI is InChI=1S/C13H19NO3.C12H17NO2.2C11H13ClFNO.C11H14ClNO.C11H16N2O.C10H11F2NO.2C10H14N2O.C9H13NOS/c1-13(2,3)14-12(15)11-7-5-10(6-8-11)9-17-16-4;1-12(2,3)13-11(14)9-5-7-10(15-4)8-6-9;1-11(2,3)14-10(15)8-5-4-7(13)6-9(8)12;1-11(2,3)14-10(15)8-5-4-7(12)6-9(8)13;2*1-11(2,3)13-10(14)8-4-6-9(12)7-5-8;1-6(2)13-10(14)8-4-3-7(11)5-9(8)12;1-10(2,3)12-9(13)8-4-6-11-7-5-8;1-10(2,3)12-9(13)8-5-4-6-11-7-8;1-9(2,3)10-8(11)7-4-5-12-6-7/h5-8H,9H2,1-4H3,(H,14,15);5-8H,1-4H3,(H,13,14);2*4-6H,1-3H3,(H,14,15);4-7H,1-3H3,(H,13,14);4-7H,12H2,1-3H3,(H,13,14);3-6H,1-2H3,(H,13,14);2*4-7H,1-3H3,(H,12,13);4-6H,1-3H3,(H,10,11). The number of rotatable bonds is 15. The maximum atomic E-state index is 13.3. The van der Waals surface area contributed by atoms with Gasteiger partial charge in [0.2, 0.25) is 0 Å². The molecule has 12 N–H and O–H groups in total.